The van der Waals surface area contributed by atoms with Crippen molar-refractivity contribution in [3.05, 3.63) is 60.4 Å². The predicted octanol–water partition coefficient (Wildman–Crippen LogP) is 1.79. The van der Waals surface area contributed by atoms with Crippen molar-refractivity contribution in [1.82, 2.24) is 0 Å². The number of esters is 1. The second kappa shape index (κ2) is 8.45. The Hall–Kier alpha value is -2.72. The van der Waals surface area contributed by atoms with E-state index in [0.717, 1.165) is 6.20 Å². The van der Waals surface area contributed by atoms with Gasteiger partial charge in [0.25, 0.3) is 0 Å². The molecule has 1 aliphatic carbocycles. The van der Waals surface area contributed by atoms with Gasteiger partial charge in [0, 0.05) is 12.0 Å². The smallest absolute Gasteiger partial charge is 0.399 e. The summed E-state index contributed by atoms with van der Waals surface area (Å²) in [5.41, 5.74) is 0.501. The second-order valence-electron chi connectivity index (χ2n) is 4.12. The zero-order chi connectivity index (χ0) is 15.7. The number of nitrogens with zero attached hydrogens (tertiary/aromatic N) is 2. The summed E-state index contributed by atoms with van der Waals surface area (Å²) in [6.45, 7) is 5.72. The first kappa shape index (κ1) is 16.3. The zero-order valence-electron chi connectivity index (χ0n) is 11.9. The molecule has 0 saturated heterocycles. The standard InChI is InChI=1S/C15H16N2O4/c1-4-11(2)10-21-15(19)12-7-5-6-8-13(12)17-16-9-14(18)20-3/h4,6-9,11H,1,10H2,2-3H3. The summed E-state index contributed by atoms with van der Waals surface area (Å²) in [4.78, 5) is 12.0. The van der Waals surface area contributed by atoms with Gasteiger partial charge in [-0.05, 0) is 7.11 Å². The largest absolute Gasteiger partial charge is 0.615 e. The van der Waals surface area contributed by atoms with Gasteiger partial charge in [-0.2, -0.15) is 5.11 Å². The van der Waals surface area contributed by atoms with E-state index in [4.69, 9.17) is 4.74 Å². The SMILES string of the molecule is C=CC(C)COC(=O)C1=C(N=N/C=C(\[O-])OC)C=C[C+]=C1. The number of carbonyl (C=O) groups excluding carboxylic acids is 1. The Morgan fingerprint density at radius 3 is 3.05 bits per heavy atom. The van der Waals surface area contributed by atoms with Crippen LogP contribution in [0, 0.1) is 12.0 Å². The monoisotopic (exact) mass is 288 g/mol. The number of carbonyl (C=O) groups is 1. The Labute approximate surface area is 123 Å². The van der Waals surface area contributed by atoms with Crippen molar-refractivity contribution in [2.45, 2.75) is 6.92 Å². The molecule has 0 aromatic heterocycles. The molecule has 0 aromatic carbocycles. The number of rotatable bonds is 7. The molecule has 110 valence electrons. The minimum atomic E-state index is -0.634. The number of hydrogen-bond donors (Lipinski definition) is 0. The first-order chi connectivity index (χ1) is 10.1. The van der Waals surface area contributed by atoms with E-state index in [2.05, 4.69) is 27.6 Å². The molecule has 0 aliphatic heterocycles. The molecule has 1 atom stereocenters. The van der Waals surface area contributed by atoms with Crippen LogP contribution in [0.25, 0.3) is 0 Å². The molecule has 0 spiro atoms. The lowest BCUT2D eigenvalue weighted by Gasteiger charge is -2.06. The zero-order valence-corrected chi connectivity index (χ0v) is 11.9. The average Bonchev–Trinajstić information content (AvgIpc) is 2.52. The van der Waals surface area contributed by atoms with Crippen LogP contribution in [-0.2, 0) is 14.3 Å². The number of allylic oxidation sites excluding steroid dienone is 3. The molecule has 6 heteroatoms. The van der Waals surface area contributed by atoms with Crippen LogP contribution in [0.2, 0.25) is 0 Å². The Morgan fingerprint density at radius 1 is 1.62 bits per heavy atom. The molecule has 0 aromatic rings. The molecule has 1 rings (SSSR count). The quantitative estimate of drug-likeness (QED) is 0.235. The topological polar surface area (TPSA) is 83.3 Å². The van der Waals surface area contributed by atoms with Crippen LogP contribution < -0.4 is 5.11 Å². The van der Waals surface area contributed by atoms with Gasteiger partial charge in [-0.25, -0.2) is 4.79 Å². The maximum absolute atomic E-state index is 12.0. The number of azo groups is 1. The van der Waals surface area contributed by atoms with Crippen molar-refractivity contribution in [2.75, 3.05) is 13.7 Å². The fraction of sp³-hybridized carbons (Fsp3) is 0.267. The van der Waals surface area contributed by atoms with E-state index < -0.39 is 11.9 Å². The van der Waals surface area contributed by atoms with Crippen LogP contribution in [0.3, 0.4) is 0 Å². The molecule has 1 aliphatic rings. The van der Waals surface area contributed by atoms with Gasteiger partial charge in [0.2, 0.25) is 11.3 Å². The summed E-state index contributed by atoms with van der Waals surface area (Å²) < 4.78 is 9.52. The third-order valence-electron chi connectivity index (χ3n) is 2.47. The van der Waals surface area contributed by atoms with Crippen LogP contribution in [0.1, 0.15) is 6.92 Å². The van der Waals surface area contributed by atoms with Crippen LogP contribution in [0.15, 0.2) is 64.5 Å². The van der Waals surface area contributed by atoms with Gasteiger partial charge < -0.3 is 14.6 Å². The van der Waals surface area contributed by atoms with Crippen LogP contribution in [-0.4, -0.2) is 19.7 Å². The summed E-state index contributed by atoms with van der Waals surface area (Å²) >= 11 is 0. The number of ether oxygens (including phenoxy) is 2. The van der Waals surface area contributed by atoms with Crippen molar-refractivity contribution >= 4 is 5.97 Å². The Bertz CT molecular complexity index is 542. The van der Waals surface area contributed by atoms with Crippen molar-refractivity contribution in [1.29, 1.82) is 0 Å². The Morgan fingerprint density at radius 2 is 2.38 bits per heavy atom. The summed E-state index contributed by atoms with van der Waals surface area (Å²) in [6.07, 6.45) is 9.94. The molecule has 0 saturated carbocycles. The van der Waals surface area contributed by atoms with E-state index in [9.17, 15) is 9.90 Å². The highest BCUT2D eigenvalue weighted by molar-refractivity contribution is 5.93. The van der Waals surface area contributed by atoms with E-state index in [1.165, 1.54) is 13.2 Å². The molecule has 0 bridgehead atoms. The molecule has 0 N–H and O–H groups in total. The van der Waals surface area contributed by atoms with Crippen LogP contribution in [0.5, 0.6) is 0 Å². The van der Waals surface area contributed by atoms with E-state index >= 15 is 0 Å². The number of methoxy groups -OCH3 is 1. The molecule has 0 radical (unpaired) electrons. The van der Waals surface area contributed by atoms with Gasteiger partial charge in [0.1, 0.15) is 12.2 Å². The van der Waals surface area contributed by atoms with Crippen molar-refractivity contribution < 1.29 is 19.4 Å². The van der Waals surface area contributed by atoms with Crippen molar-refractivity contribution in [3.8, 4) is 0 Å². The first-order valence-corrected chi connectivity index (χ1v) is 6.20. The van der Waals surface area contributed by atoms with E-state index in [-0.39, 0.29) is 23.8 Å². The highest BCUT2D eigenvalue weighted by atomic mass is 16.6. The maximum Gasteiger partial charge on any atom is 0.399 e. The predicted molar refractivity (Wildman–Crippen MR) is 74.2 cm³/mol. The summed E-state index contributed by atoms with van der Waals surface area (Å²) in [5, 5.41) is 18.2. The fourth-order valence-corrected chi connectivity index (χ4v) is 1.22. The molecule has 0 fully saturated rings. The lowest BCUT2D eigenvalue weighted by molar-refractivity contribution is -0.353. The average molecular weight is 288 g/mol. The summed E-state index contributed by atoms with van der Waals surface area (Å²) in [5.74, 6) is -1.11. The Kier molecular flexibility index (Phi) is 6.57. The van der Waals surface area contributed by atoms with Gasteiger partial charge in [-0.15, -0.1) is 11.7 Å². The molecular weight excluding hydrogens is 272 g/mol. The van der Waals surface area contributed by atoms with Crippen LogP contribution >= 0.6 is 0 Å². The molecule has 1 unspecified atom stereocenters. The van der Waals surface area contributed by atoms with Gasteiger partial charge in [0.05, 0.1) is 24.8 Å². The normalized spacial score (nSPS) is 15.8. The van der Waals surface area contributed by atoms with Crippen molar-refractivity contribution in [2.24, 2.45) is 16.1 Å². The summed E-state index contributed by atoms with van der Waals surface area (Å²) in [6, 6.07) is 0. The van der Waals surface area contributed by atoms with Gasteiger partial charge >= 0.3 is 5.97 Å². The van der Waals surface area contributed by atoms with E-state index in [1.54, 1.807) is 18.2 Å². The summed E-state index contributed by atoms with van der Waals surface area (Å²) in [7, 11) is 1.23. The molecular formula is C15H16N2O4. The third kappa shape index (κ3) is 5.42. The first-order valence-electron chi connectivity index (χ1n) is 6.20. The molecule has 0 heterocycles. The molecule has 6 nitrogen and oxygen atoms in total. The highest BCUT2D eigenvalue weighted by Gasteiger charge is 2.23. The highest BCUT2D eigenvalue weighted by Crippen LogP contribution is 2.16. The fourth-order valence-electron chi connectivity index (χ4n) is 1.22. The second-order valence-corrected chi connectivity index (χ2v) is 4.12. The van der Waals surface area contributed by atoms with Gasteiger partial charge in [-0.1, -0.05) is 13.0 Å². The van der Waals surface area contributed by atoms with Gasteiger partial charge in [0.15, 0.2) is 0 Å². The van der Waals surface area contributed by atoms with E-state index in [1.807, 2.05) is 6.92 Å². The number of hydrogen-bond acceptors (Lipinski definition) is 6. The van der Waals surface area contributed by atoms with Crippen LogP contribution in [0.4, 0.5) is 0 Å². The maximum atomic E-state index is 12.0. The lowest BCUT2D eigenvalue weighted by atomic mass is 10.1. The minimum absolute atomic E-state index is 0.0550. The Balaban J connectivity index is 2.83. The lowest BCUT2D eigenvalue weighted by Crippen LogP contribution is -2.13. The third-order valence-corrected chi connectivity index (χ3v) is 2.47. The molecule has 21 heavy (non-hydrogen) atoms. The van der Waals surface area contributed by atoms with Gasteiger partial charge in [-0.3, -0.25) is 0 Å². The van der Waals surface area contributed by atoms with E-state index in [0.29, 0.717) is 0 Å². The molecule has 0 amide bonds. The van der Waals surface area contributed by atoms with Crippen molar-refractivity contribution in [3.63, 3.8) is 0 Å². The minimum Gasteiger partial charge on any atom is -0.615 e.